The number of allylic oxidation sites excluding steroid dienone is 2. The van der Waals surface area contributed by atoms with E-state index in [1.165, 1.54) is 0 Å². The molecule has 6 nitrogen and oxygen atoms in total. The van der Waals surface area contributed by atoms with Gasteiger partial charge in [0.2, 0.25) is 0 Å². The number of hydrogen-bond donors (Lipinski definition) is 0. The Morgan fingerprint density at radius 2 is 1.41 bits per heavy atom. The van der Waals surface area contributed by atoms with Crippen LogP contribution in [0.1, 0.15) is 6.42 Å². The number of rotatable bonds is 1. The van der Waals surface area contributed by atoms with Crippen LogP contribution in [0.25, 0.3) is 0 Å². The van der Waals surface area contributed by atoms with E-state index in [0.717, 1.165) is 11.5 Å². The van der Waals surface area contributed by atoms with Gasteiger partial charge in [-0.15, -0.1) is 0 Å². The predicted octanol–water partition coefficient (Wildman–Crippen LogP) is 3.30. The van der Waals surface area contributed by atoms with Crippen molar-refractivity contribution in [2.75, 3.05) is 28.2 Å². The van der Waals surface area contributed by atoms with Crippen LogP contribution in [-0.2, 0) is 14.4 Å². The van der Waals surface area contributed by atoms with Gasteiger partial charge in [0.25, 0.3) is 11.8 Å². The molecule has 27 heavy (non-hydrogen) atoms. The van der Waals surface area contributed by atoms with Gasteiger partial charge in [0, 0.05) is 0 Å². The molecule has 1 aliphatic heterocycles. The van der Waals surface area contributed by atoms with Crippen molar-refractivity contribution in [1.29, 1.82) is 0 Å². The number of imide groups is 1. The number of halogens is 6. The van der Waals surface area contributed by atoms with Gasteiger partial charge in [-0.1, -0.05) is 17.2 Å². The summed E-state index contributed by atoms with van der Waals surface area (Å²) in [5.41, 5.74) is 0. The number of fused-ring (bicyclic) bond motifs is 5. The number of amidine groups is 1. The maximum atomic E-state index is 12.5. The molecular weight excluding hydrogens is 403 g/mol. The van der Waals surface area contributed by atoms with Crippen LogP contribution in [0.4, 0.5) is 25.2 Å². The van der Waals surface area contributed by atoms with Crippen molar-refractivity contribution in [2.24, 2.45) is 23.7 Å². The first-order valence-electron chi connectivity index (χ1n) is 7.89. The first-order chi connectivity index (χ1) is 11.9. The summed E-state index contributed by atoms with van der Waals surface area (Å²) in [5.74, 6) is -0.420. The molecule has 0 spiro atoms. The van der Waals surface area contributed by atoms with Crippen LogP contribution in [0.3, 0.4) is 0 Å². The van der Waals surface area contributed by atoms with E-state index in [2.05, 4.69) is 12.2 Å². The fraction of sp³-hybridized carbons (Fsp3) is 0.643. The molecule has 2 bridgehead atoms. The molecule has 3 rings (SSSR count). The van der Waals surface area contributed by atoms with E-state index in [9.17, 15) is 34.8 Å². The monoisotopic (exact) mass is 423 g/mol. The van der Waals surface area contributed by atoms with Crippen LogP contribution in [0.5, 0.6) is 0 Å². The van der Waals surface area contributed by atoms with Crippen molar-refractivity contribution in [3.05, 3.63) is 12.2 Å². The van der Waals surface area contributed by atoms with Crippen LogP contribution >= 0.6 is 7.81 Å². The van der Waals surface area contributed by atoms with E-state index in [1.807, 2.05) is 28.2 Å². The molecule has 1 saturated carbocycles. The van der Waals surface area contributed by atoms with E-state index in [1.54, 1.807) is 9.48 Å². The molecular formula is C14H20F6N3O3P. The summed E-state index contributed by atoms with van der Waals surface area (Å²) >= 11 is 0. The van der Waals surface area contributed by atoms with E-state index in [0.29, 0.717) is 6.02 Å². The minimum absolute atomic E-state index is 0.196. The summed E-state index contributed by atoms with van der Waals surface area (Å²) < 4.78 is 60.9. The van der Waals surface area contributed by atoms with Crippen LogP contribution in [-0.4, -0.2) is 60.6 Å². The van der Waals surface area contributed by atoms with Crippen LogP contribution in [0.2, 0.25) is 0 Å². The predicted molar refractivity (Wildman–Crippen MR) is 85.0 cm³/mol. The molecule has 156 valence electrons. The Bertz CT molecular complexity index is 689. The summed E-state index contributed by atoms with van der Waals surface area (Å²) in [7, 11) is -3.41. The van der Waals surface area contributed by atoms with Gasteiger partial charge in [0.1, 0.15) is 0 Å². The molecule has 2 fully saturated rings. The van der Waals surface area contributed by atoms with Crippen LogP contribution < -0.4 is 0 Å². The van der Waals surface area contributed by atoms with Gasteiger partial charge < -0.3 is 0 Å². The molecule has 0 aromatic carbocycles. The molecule has 2 aliphatic carbocycles. The third-order valence-corrected chi connectivity index (χ3v) is 4.37. The van der Waals surface area contributed by atoms with Crippen molar-refractivity contribution in [1.82, 2.24) is 9.96 Å². The Morgan fingerprint density at radius 3 is 1.70 bits per heavy atom. The average Bonchev–Trinajstić information content (AvgIpc) is 3.08. The SMILES string of the molecule is CN(C)C(ON1C(=O)[C@@H]2[C@H](C1=O)[C@@H]1C=C[C@H]2C1)=[N+](C)C.F[P-](F)(F)(F)(F)F. The Balaban J connectivity index is 0.000000321. The van der Waals surface area contributed by atoms with Crippen molar-refractivity contribution in [3.8, 4) is 0 Å². The summed E-state index contributed by atoms with van der Waals surface area (Å²) in [5, 5.41) is 0.969. The van der Waals surface area contributed by atoms with Crippen LogP contribution in [0, 0.1) is 23.7 Å². The third kappa shape index (κ3) is 5.33. The van der Waals surface area contributed by atoms with Crippen molar-refractivity contribution in [2.45, 2.75) is 6.42 Å². The van der Waals surface area contributed by atoms with Crippen molar-refractivity contribution < 1.29 is 44.2 Å². The Labute approximate surface area is 151 Å². The van der Waals surface area contributed by atoms with Gasteiger partial charge in [-0.05, 0) is 18.3 Å². The summed E-state index contributed by atoms with van der Waals surface area (Å²) in [6, 6.07) is 0.465. The number of amides is 2. The number of carbonyl (C=O) groups is 2. The zero-order valence-electron chi connectivity index (χ0n) is 15.0. The molecule has 0 aromatic rings. The Morgan fingerprint density at radius 1 is 1.04 bits per heavy atom. The third-order valence-electron chi connectivity index (χ3n) is 4.37. The Hall–Kier alpha value is -1.84. The van der Waals surface area contributed by atoms with Crippen molar-refractivity contribution >= 4 is 25.6 Å². The van der Waals surface area contributed by atoms with Gasteiger partial charge in [-0.2, -0.15) is 0 Å². The zero-order chi connectivity index (χ0) is 21.0. The molecule has 1 heterocycles. The first kappa shape index (κ1) is 21.5. The standard InChI is InChI=1S/C14H20N3O3.F6P/c1-15(2)14(16(3)4)20-17-12(18)10-8-5-6-9(7-8)11(10)13(17)19;1-7(2,3,4,5)6/h5-6,8-11H,7H2,1-4H3;/q+1;-1/t8-,9+,10-,11+;. The fourth-order valence-electron chi connectivity index (χ4n) is 3.61. The number of hydroxylamine groups is 2. The summed E-state index contributed by atoms with van der Waals surface area (Å²) in [6.45, 7) is 0. The van der Waals surface area contributed by atoms with E-state index < -0.39 is 7.81 Å². The van der Waals surface area contributed by atoms with E-state index in [-0.39, 0.29) is 35.5 Å². The van der Waals surface area contributed by atoms with Gasteiger partial charge in [0.15, 0.2) is 0 Å². The van der Waals surface area contributed by atoms with E-state index >= 15 is 0 Å². The second-order valence-corrected chi connectivity index (χ2v) is 9.01. The van der Waals surface area contributed by atoms with Gasteiger partial charge in [-0.3, -0.25) is 14.4 Å². The average molecular weight is 423 g/mol. The molecule has 13 heteroatoms. The first-order valence-corrected chi connectivity index (χ1v) is 9.91. The van der Waals surface area contributed by atoms with Gasteiger partial charge in [-0.25, -0.2) is 9.48 Å². The quantitative estimate of drug-likeness (QED) is 0.124. The molecule has 0 N–H and O–H groups in total. The Kier molecular flexibility index (Phi) is 4.63. The number of nitrogens with zero attached hydrogens (tertiary/aromatic N) is 3. The topological polar surface area (TPSA) is 52.9 Å². The fourth-order valence-corrected chi connectivity index (χ4v) is 3.61. The van der Waals surface area contributed by atoms with E-state index in [4.69, 9.17) is 4.84 Å². The van der Waals surface area contributed by atoms with Crippen LogP contribution in [0.15, 0.2) is 12.2 Å². The molecule has 0 aromatic heterocycles. The van der Waals surface area contributed by atoms with Gasteiger partial charge in [0.05, 0.1) is 40.0 Å². The molecule has 3 aliphatic rings. The second-order valence-electron chi connectivity index (χ2n) is 7.09. The number of carbonyl (C=O) groups excluding carboxylic acids is 2. The van der Waals surface area contributed by atoms with Crippen molar-refractivity contribution in [3.63, 3.8) is 0 Å². The zero-order valence-corrected chi connectivity index (χ0v) is 15.8. The minimum atomic E-state index is -10.7. The maximum absolute atomic E-state index is 12.5. The summed E-state index contributed by atoms with van der Waals surface area (Å²) in [6.07, 6.45) is 5.07. The molecule has 1 saturated heterocycles. The summed E-state index contributed by atoms with van der Waals surface area (Å²) in [4.78, 5) is 32.3. The second kappa shape index (κ2) is 5.83. The molecule has 0 unspecified atom stereocenters. The normalized spacial score (nSPS) is 31.0. The molecule has 4 atom stereocenters. The molecule has 2 amide bonds. The van der Waals surface area contributed by atoms with Gasteiger partial charge >= 0.3 is 39.0 Å². The number of hydrogen-bond acceptors (Lipinski definition) is 3. The molecule has 0 radical (unpaired) electrons.